The number of likely N-dealkylation sites (tertiary alicyclic amines) is 1. The zero-order chi connectivity index (χ0) is 26.3. The number of hydrogen-bond acceptors (Lipinski definition) is 8. The number of nitrogens with zero attached hydrogens (tertiary/aromatic N) is 8. The maximum absolute atomic E-state index is 10.8. The minimum absolute atomic E-state index is 0.429. The lowest BCUT2D eigenvalue weighted by molar-refractivity contribution is -0.130. The van der Waals surface area contributed by atoms with Crippen LogP contribution in [0.25, 0.3) is 11.0 Å². The van der Waals surface area contributed by atoms with Gasteiger partial charge in [0.25, 0.3) is 0 Å². The molecule has 4 rings (SSSR count). The van der Waals surface area contributed by atoms with Crippen molar-refractivity contribution in [2.45, 2.75) is 71.6 Å². The molecular weight excluding hydrogens is 471 g/mol. The van der Waals surface area contributed by atoms with Gasteiger partial charge in [0.05, 0.1) is 11.9 Å². The van der Waals surface area contributed by atoms with Crippen molar-refractivity contribution >= 4 is 28.6 Å². The van der Waals surface area contributed by atoms with Gasteiger partial charge in [0.1, 0.15) is 16.9 Å². The largest absolute Gasteiger partial charge is 0.388 e. The highest BCUT2D eigenvalue weighted by atomic mass is 19.4. The Labute approximate surface area is 210 Å². The normalized spacial score (nSPS) is 15.0. The zero-order valence-corrected chi connectivity index (χ0v) is 21.7. The number of aromatic nitrogens is 6. The molecule has 0 amide bonds. The van der Waals surface area contributed by atoms with Crippen molar-refractivity contribution in [3.8, 4) is 0 Å². The van der Waals surface area contributed by atoms with E-state index in [1.54, 1.807) is 18.6 Å². The molecule has 1 N–H and O–H groups in total. The minimum Gasteiger partial charge on any atom is -0.341 e. The Bertz CT molecular complexity index is 1090. The van der Waals surface area contributed by atoms with Crippen LogP contribution >= 0.6 is 0 Å². The van der Waals surface area contributed by atoms with Crippen LogP contribution in [0.4, 0.5) is 30.8 Å². The number of anilines is 3. The van der Waals surface area contributed by atoms with Crippen LogP contribution < -0.4 is 10.2 Å². The molecule has 0 atom stereocenters. The molecule has 36 heavy (non-hydrogen) atoms. The number of hydrogen-bond donors (Lipinski definition) is 1. The van der Waals surface area contributed by atoms with E-state index in [-0.39, 0.29) is 0 Å². The second kappa shape index (κ2) is 12.3. The fourth-order valence-corrected chi connectivity index (χ4v) is 4.02. The summed E-state index contributed by atoms with van der Waals surface area (Å²) < 4.78 is 34.4. The van der Waals surface area contributed by atoms with Crippen LogP contribution in [0.5, 0.6) is 0 Å². The summed E-state index contributed by atoms with van der Waals surface area (Å²) in [7, 11) is 4.28. The van der Waals surface area contributed by atoms with Gasteiger partial charge in [-0.15, -0.1) is 0 Å². The Kier molecular flexibility index (Phi) is 9.41. The fourth-order valence-electron chi connectivity index (χ4n) is 4.02. The highest BCUT2D eigenvalue weighted by molar-refractivity contribution is 5.90. The van der Waals surface area contributed by atoms with Crippen LogP contribution in [0.2, 0.25) is 0 Å². The lowest BCUT2D eigenvalue weighted by atomic mass is 10.0. The van der Waals surface area contributed by atoms with Crippen LogP contribution in [0.1, 0.15) is 52.1 Å². The van der Waals surface area contributed by atoms with E-state index in [1.807, 2.05) is 4.68 Å². The smallest absolute Gasteiger partial charge is 0.341 e. The molecule has 9 nitrogen and oxygen atoms in total. The Hall–Kier alpha value is -3.02. The maximum Gasteiger partial charge on any atom is 0.388 e. The molecular formula is C24H36F3N9. The SMILES string of the molecule is CCC(F)(F)F.CCCn1nc(CC)c2nc(N(C)C3CCN(C)CC3)nc(Nc3cnccn3)c21. The summed E-state index contributed by atoms with van der Waals surface area (Å²) in [4.78, 5) is 23.1. The molecule has 1 saturated heterocycles. The van der Waals surface area contributed by atoms with E-state index in [0.29, 0.717) is 11.9 Å². The van der Waals surface area contributed by atoms with Crippen molar-refractivity contribution in [1.29, 1.82) is 0 Å². The average molecular weight is 508 g/mol. The number of piperidine rings is 1. The lowest BCUT2D eigenvalue weighted by Crippen LogP contribution is -2.42. The van der Waals surface area contributed by atoms with Crippen molar-refractivity contribution in [3.63, 3.8) is 0 Å². The highest BCUT2D eigenvalue weighted by Crippen LogP contribution is 2.30. The molecule has 0 spiro atoms. The second-order valence-corrected chi connectivity index (χ2v) is 8.92. The van der Waals surface area contributed by atoms with E-state index in [1.165, 1.54) is 0 Å². The standard InChI is InChI=1S/C21H31N9.C3H5F3/c1-5-11-30-19-18(16(6-2)27-30)25-21(29(4)15-7-12-28(3)13-8-15)26-20(19)24-17-14-22-9-10-23-17;1-2-3(4,5)6/h9-10,14-15H,5-8,11-13H2,1-4H3,(H,23,24,25,26);2H2,1H3. The third-order valence-corrected chi connectivity index (χ3v) is 6.18. The number of halogens is 3. The molecule has 0 radical (unpaired) electrons. The van der Waals surface area contributed by atoms with Crippen LogP contribution in [0, 0.1) is 0 Å². The monoisotopic (exact) mass is 507 g/mol. The molecule has 0 saturated carbocycles. The number of nitrogens with one attached hydrogen (secondary N) is 1. The molecule has 12 heteroatoms. The summed E-state index contributed by atoms with van der Waals surface area (Å²) in [5.74, 6) is 2.12. The van der Waals surface area contributed by atoms with Gasteiger partial charge in [-0.25, -0.2) is 9.97 Å². The van der Waals surface area contributed by atoms with E-state index < -0.39 is 12.6 Å². The van der Waals surface area contributed by atoms with Crippen LogP contribution in [-0.4, -0.2) is 74.0 Å². The van der Waals surface area contributed by atoms with E-state index in [4.69, 9.17) is 15.1 Å². The Morgan fingerprint density at radius 1 is 1.11 bits per heavy atom. The van der Waals surface area contributed by atoms with Gasteiger partial charge < -0.3 is 15.1 Å². The number of rotatable bonds is 7. The van der Waals surface area contributed by atoms with Crippen molar-refractivity contribution in [2.24, 2.45) is 0 Å². The first-order chi connectivity index (χ1) is 17.2. The predicted octanol–water partition coefficient (Wildman–Crippen LogP) is 4.82. The minimum atomic E-state index is -3.96. The van der Waals surface area contributed by atoms with Crippen molar-refractivity contribution in [1.82, 2.24) is 34.6 Å². The first-order valence-electron chi connectivity index (χ1n) is 12.4. The summed E-state index contributed by atoms with van der Waals surface area (Å²) >= 11 is 0. The molecule has 4 heterocycles. The highest BCUT2D eigenvalue weighted by Gasteiger charge is 2.25. The molecule has 3 aromatic rings. The van der Waals surface area contributed by atoms with E-state index in [2.05, 4.69) is 53.0 Å². The summed E-state index contributed by atoms with van der Waals surface area (Å²) in [6.45, 7) is 8.36. The third-order valence-electron chi connectivity index (χ3n) is 6.18. The van der Waals surface area contributed by atoms with Crippen LogP contribution in [0.15, 0.2) is 18.6 Å². The Balaban J connectivity index is 0.000000538. The van der Waals surface area contributed by atoms with Gasteiger partial charge in [0.2, 0.25) is 5.95 Å². The summed E-state index contributed by atoms with van der Waals surface area (Å²) in [5, 5.41) is 8.20. The Morgan fingerprint density at radius 3 is 2.36 bits per heavy atom. The van der Waals surface area contributed by atoms with Crippen molar-refractivity contribution in [2.75, 3.05) is 37.4 Å². The van der Waals surface area contributed by atoms with Gasteiger partial charge in [-0.05, 0) is 45.8 Å². The molecule has 0 bridgehead atoms. The molecule has 0 aliphatic carbocycles. The molecule has 3 aromatic heterocycles. The maximum atomic E-state index is 10.8. The van der Waals surface area contributed by atoms with E-state index in [9.17, 15) is 13.2 Å². The Morgan fingerprint density at radius 2 is 1.81 bits per heavy atom. The molecule has 1 aliphatic heterocycles. The quantitative estimate of drug-likeness (QED) is 0.487. The third kappa shape index (κ3) is 7.02. The van der Waals surface area contributed by atoms with Gasteiger partial charge in [-0.3, -0.25) is 9.67 Å². The topological polar surface area (TPSA) is 87.9 Å². The molecule has 1 fully saturated rings. The van der Waals surface area contributed by atoms with Crippen molar-refractivity contribution in [3.05, 3.63) is 24.3 Å². The number of aryl methyl sites for hydroxylation is 2. The van der Waals surface area contributed by atoms with Gasteiger partial charge in [-0.1, -0.05) is 20.8 Å². The van der Waals surface area contributed by atoms with Gasteiger partial charge in [0.15, 0.2) is 5.82 Å². The zero-order valence-electron chi connectivity index (χ0n) is 21.7. The molecule has 0 unspecified atom stereocenters. The first kappa shape index (κ1) is 27.6. The van der Waals surface area contributed by atoms with Crippen LogP contribution in [0.3, 0.4) is 0 Å². The van der Waals surface area contributed by atoms with E-state index >= 15 is 0 Å². The lowest BCUT2D eigenvalue weighted by Gasteiger charge is -2.35. The predicted molar refractivity (Wildman–Crippen MR) is 136 cm³/mol. The molecule has 0 aromatic carbocycles. The number of alkyl halides is 3. The van der Waals surface area contributed by atoms with E-state index in [0.717, 1.165) is 80.7 Å². The summed E-state index contributed by atoms with van der Waals surface area (Å²) in [6, 6.07) is 0.429. The summed E-state index contributed by atoms with van der Waals surface area (Å²) in [6.07, 6.45) is 4.38. The van der Waals surface area contributed by atoms with Crippen LogP contribution in [-0.2, 0) is 13.0 Å². The van der Waals surface area contributed by atoms with Crippen molar-refractivity contribution < 1.29 is 13.2 Å². The molecule has 1 aliphatic rings. The average Bonchev–Trinajstić information content (AvgIpc) is 3.22. The number of fused-ring (bicyclic) bond motifs is 1. The van der Waals surface area contributed by atoms with Gasteiger partial charge in [0, 0.05) is 38.4 Å². The van der Waals surface area contributed by atoms with Gasteiger partial charge >= 0.3 is 6.18 Å². The van der Waals surface area contributed by atoms with Gasteiger partial charge in [-0.2, -0.15) is 23.3 Å². The fraction of sp³-hybridized carbons (Fsp3) is 0.625. The summed E-state index contributed by atoms with van der Waals surface area (Å²) in [5.41, 5.74) is 2.85. The second-order valence-electron chi connectivity index (χ2n) is 8.92. The first-order valence-corrected chi connectivity index (χ1v) is 12.4. The molecule has 198 valence electrons.